The number of rotatable bonds is 7. The number of hydrogen-bond donors (Lipinski definition) is 1. The first kappa shape index (κ1) is 16.2. The Morgan fingerprint density at radius 2 is 2.10 bits per heavy atom. The van der Waals surface area contributed by atoms with Gasteiger partial charge in [-0.25, -0.2) is 4.79 Å². The van der Waals surface area contributed by atoms with Crippen molar-refractivity contribution in [2.75, 3.05) is 13.2 Å². The van der Waals surface area contributed by atoms with Gasteiger partial charge in [-0.15, -0.1) is 0 Å². The van der Waals surface area contributed by atoms with Crippen LogP contribution in [0.1, 0.15) is 25.3 Å². The summed E-state index contributed by atoms with van der Waals surface area (Å²) in [7, 11) is 0. The number of carbonyl (C=O) groups excluding carboxylic acids is 2. The Kier molecular flexibility index (Phi) is 7.43. The van der Waals surface area contributed by atoms with E-state index in [-0.39, 0.29) is 12.5 Å². The van der Waals surface area contributed by atoms with E-state index in [1.165, 1.54) is 6.08 Å². The van der Waals surface area contributed by atoms with Crippen molar-refractivity contribution >= 4 is 29.6 Å². The smallest absolute Gasteiger partial charge is 0.331 e. The Labute approximate surface area is 123 Å². The molecule has 0 aromatic heterocycles. The van der Waals surface area contributed by atoms with Crippen molar-refractivity contribution in [3.05, 3.63) is 40.9 Å². The number of amides is 1. The van der Waals surface area contributed by atoms with Gasteiger partial charge in [-0.3, -0.25) is 4.79 Å². The third-order valence-corrected chi connectivity index (χ3v) is 2.85. The van der Waals surface area contributed by atoms with Gasteiger partial charge in [0.05, 0.1) is 0 Å². The first-order chi connectivity index (χ1) is 9.63. The van der Waals surface area contributed by atoms with E-state index in [1.54, 1.807) is 24.3 Å². The predicted molar refractivity (Wildman–Crippen MR) is 79.4 cm³/mol. The number of halogens is 1. The van der Waals surface area contributed by atoms with Gasteiger partial charge in [-0.05, 0) is 24.1 Å². The van der Waals surface area contributed by atoms with Crippen LogP contribution < -0.4 is 5.32 Å². The van der Waals surface area contributed by atoms with Crippen LogP contribution in [-0.2, 0) is 14.3 Å². The maximum absolute atomic E-state index is 11.4. The minimum Gasteiger partial charge on any atom is -0.452 e. The molecule has 0 fully saturated rings. The standard InChI is InChI=1S/C15H18ClNO3/c1-2-3-10-17-14(18)11-20-15(19)9-8-12-6-4-5-7-13(12)16/h4-9H,2-3,10-11H2,1H3,(H,17,18)/b9-8+. The van der Waals surface area contributed by atoms with E-state index in [4.69, 9.17) is 16.3 Å². The highest BCUT2D eigenvalue weighted by Gasteiger charge is 2.04. The molecule has 0 aliphatic carbocycles. The Morgan fingerprint density at radius 1 is 1.35 bits per heavy atom. The molecule has 0 saturated heterocycles. The van der Waals surface area contributed by atoms with Crippen molar-refractivity contribution in [2.24, 2.45) is 0 Å². The fraction of sp³-hybridized carbons (Fsp3) is 0.333. The fourth-order valence-electron chi connectivity index (χ4n) is 1.41. The molecule has 0 heterocycles. The van der Waals surface area contributed by atoms with Gasteiger partial charge in [0.1, 0.15) is 0 Å². The number of unbranched alkanes of at least 4 members (excludes halogenated alkanes) is 1. The van der Waals surface area contributed by atoms with E-state index in [9.17, 15) is 9.59 Å². The quantitative estimate of drug-likeness (QED) is 0.478. The Balaban J connectivity index is 2.33. The summed E-state index contributed by atoms with van der Waals surface area (Å²) in [6.07, 6.45) is 4.72. The van der Waals surface area contributed by atoms with Crippen LogP contribution in [0.4, 0.5) is 0 Å². The Morgan fingerprint density at radius 3 is 2.80 bits per heavy atom. The van der Waals surface area contributed by atoms with E-state index >= 15 is 0 Å². The zero-order valence-electron chi connectivity index (χ0n) is 11.4. The highest BCUT2D eigenvalue weighted by atomic mass is 35.5. The van der Waals surface area contributed by atoms with Gasteiger partial charge in [-0.2, -0.15) is 0 Å². The molecule has 0 bridgehead atoms. The lowest BCUT2D eigenvalue weighted by Gasteiger charge is -2.04. The molecule has 0 spiro atoms. The molecule has 0 unspecified atom stereocenters. The summed E-state index contributed by atoms with van der Waals surface area (Å²) in [5.41, 5.74) is 0.721. The largest absolute Gasteiger partial charge is 0.452 e. The second kappa shape index (κ2) is 9.15. The summed E-state index contributed by atoms with van der Waals surface area (Å²) in [4.78, 5) is 22.7. The van der Waals surface area contributed by atoms with Crippen molar-refractivity contribution in [1.29, 1.82) is 0 Å². The Hall–Kier alpha value is -1.81. The third-order valence-electron chi connectivity index (χ3n) is 2.50. The molecule has 1 N–H and O–H groups in total. The minimum atomic E-state index is -0.574. The summed E-state index contributed by atoms with van der Waals surface area (Å²) in [5.74, 6) is -0.867. The van der Waals surface area contributed by atoms with Gasteiger partial charge >= 0.3 is 5.97 Å². The molecule has 1 aromatic rings. The summed E-state index contributed by atoms with van der Waals surface area (Å²) < 4.78 is 4.82. The summed E-state index contributed by atoms with van der Waals surface area (Å²) in [6, 6.07) is 7.13. The topological polar surface area (TPSA) is 55.4 Å². The molecule has 108 valence electrons. The molecule has 1 rings (SSSR count). The van der Waals surface area contributed by atoms with Crippen LogP contribution in [0.15, 0.2) is 30.3 Å². The van der Waals surface area contributed by atoms with Crippen LogP contribution in [-0.4, -0.2) is 25.0 Å². The summed E-state index contributed by atoms with van der Waals surface area (Å²) >= 11 is 5.94. The number of ether oxygens (including phenoxy) is 1. The molecule has 20 heavy (non-hydrogen) atoms. The summed E-state index contributed by atoms with van der Waals surface area (Å²) in [5, 5.41) is 3.21. The monoisotopic (exact) mass is 295 g/mol. The first-order valence-corrected chi connectivity index (χ1v) is 6.87. The van der Waals surface area contributed by atoms with Crippen LogP contribution >= 0.6 is 11.6 Å². The van der Waals surface area contributed by atoms with Gasteiger partial charge < -0.3 is 10.1 Å². The van der Waals surface area contributed by atoms with Gasteiger partial charge in [0.2, 0.25) is 0 Å². The highest BCUT2D eigenvalue weighted by Crippen LogP contribution is 2.16. The van der Waals surface area contributed by atoms with Crippen LogP contribution in [0.25, 0.3) is 6.08 Å². The molecule has 0 saturated carbocycles. The molecule has 4 nitrogen and oxygen atoms in total. The van der Waals surface area contributed by atoms with Gasteiger partial charge in [0.15, 0.2) is 6.61 Å². The molecular weight excluding hydrogens is 278 g/mol. The number of nitrogens with one attached hydrogen (secondary N) is 1. The van der Waals surface area contributed by atoms with E-state index in [2.05, 4.69) is 5.32 Å². The number of esters is 1. The molecule has 0 aliphatic rings. The van der Waals surface area contributed by atoms with Crippen LogP contribution in [0.5, 0.6) is 0 Å². The molecule has 0 atom stereocenters. The SMILES string of the molecule is CCCCNC(=O)COC(=O)/C=C/c1ccccc1Cl. The average Bonchev–Trinajstić information content (AvgIpc) is 2.44. The normalized spacial score (nSPS) is 10.5. The number of carbonyl (C=O) groups is 2. The lowest BCUT2D eigenvalue weighted by molar-refractivity contribution is -0.143. The van der Waals surface area contributed by atoms with Crippen molar-refractivity contribution in [2.45, 2.75) is 19.8 Å². The summed E-state index contributed by atoms with van der Waals surface area (Å²) in [6.45, 7) is 2.36. The van der Waals surface area contributed by atoms with E-state index in [1.807, 2.05) is 13.0 Å². The first-order valence-electron chi connectivity index (χ1n) is 6.49. The van der Waals surface area contributed by atoms with Crippen molar-refractivity contribution in [3.63, 3.8) is 0 Å². The molecule has 5 heteroatoms. The highest BCUT2D eigenvalue weighted by molar-refractivity contribution is 6.32. The van der Waals surface area contributed by atoms with Crippen molar-refractivity contribution < 1.29 is 14.3 Å². The maximum Gasteiger partial charge on any atom is 0.331 e. The van der Waals surface area contributed by atoms with E-state index in [0.29, 0.717) is 11.6 Å². The zero-order valence-corrected chi connectivity index (χ0v) is 12.2. The molecule has 1 amide bonds. The van der Waals surface area contributed by atoms with Crippen LogP contribution in [0, 0.1) is 0 Å². The predicted octanol–water partition coefficient (Wildman–Crippen LogP) is 2.81. The van der Waals surface area contributed by atoms with Crippen LogP contribution in [0.3, 0.4) is 0 Å². The molecular formula is C15H18ClNO3. The number of benzene rings is 1. The Bertz CT molecular complexity index is 486. The molecule has 1 aromatic carbocycles. The number of hydrogen-bond acceptors (Lipinski definition) is 3. The van der Waals surface area contributed by atoms with Gasteiger partial charge in [0, 0.05) is 17.6 Å². The van der Waals surface area contributed by atoms with E-state index < -0.39 is 5.97 Å². The van der Waals surface area contributed by atoms with Crippen LogP contribution in [0.2, 0.25) is 5.02 Å². The lowest BCUT2D eigenvalue weighted by Crippen LogP contribution is -2.29. The lowest BCUT2D eigenvalue weighted by atomic mass is 10.2. The fourth-order valence-corrected chi connectivity index (χ4v) is 1.61. The van der Waals surface area contributed by atoms with Gasteiger partial charge in [-0.1, -0.05) is 43.1 Å². The third kappa shape index (κ3) is 6.38. The van der Waals surface area contributed by atoms with Crippen molar-refractivity contribution in [1.82, 2.24) is 5.32 Å². The minimum absolute atomic E-state index is 0.268. The second-order valence-corrected chi connectivity index (χ2v) is 4.57. The second-order valence-electron chi connectivity index (χ2n) is 4.17. The van der Waals surface area contributed by atoms with E-state index in [0.717, 1.165) is 18.4 Å². The average molecular weight is 296 g/mol. The molecule has 0 radical (unpaired) electrons. The van der Waals surface area contributed by atoms with Crippen molar-refractivity contribution in [3.8, 4) is 0 Å². The molecule has 0 aliphatic heterocycles. The maximum atomic E-state index is 11.4. The van der Waals surface area contributed by atoms with Gasteiger partial charge in [0.25, 0.3) is 5.91 Å². The zero-order chi connectivity index (χ0) is 14.8.